The van der Waals surface area contributed by atoms with E-state index in [0.717, 1.165) is 12.8 Å². The first-order valence-electron chi connectivity index (χ1n) is 5.58. The molecule has 5 heteroatoms. The van der Waals surface area contributed by atoms with Gasteiger partial charge in [-0.3, -0.25) is 4.79 Å². The van der Waals surface area contributed by atoms with E-state index in [9.17, 15) is 4.79 Å². The van der Waals surface area contributed by atoms with Crippen LogP contribution in [0, 0.1) is 5.41 Å². The van der Waals surface area contributed by atoms with Crippen LogP contribution < -0.4 is 11.1 Å². The van der Waals surface area contributed by atoms with Crippen molar-refractivity contribution in [3.63, 3.8) is 0 Å². The second-order valence-electron chi connectivity index (χ2n) is 5.14. The first kappa shape index (κ1) is 14.7. The Morgan fingerprint density at radius 2 is 2.00 bits per heavy atom. The van der Waals surface area contributed by atoms with Gasteiger partial charge in [0.25, 0.3) is 0 Å². The molecule has 0 radical (unpaired) electrons. The number of carbonyl (C=O) groups is 1. The van der Waals surface area contributed by atoms with Crippen molar-refractivity contribution in [3.05, 3.63) is 0 Å². The number of hydrogen-bond donors (Lipinski definition) is 3. The van der Waals surface area contributed by atoms with Gasteiger partial charge in [-0.15, -0.1) is 0 Å². The van der Waals surface area contributed by atoms with Gasteiger partial charge in [-0.25, -0.2) is 0 Å². The maximum absolute atomic E-state index is 11.4. The Morgan fingerprint density at radius 1 is 1.38 bits per heavy atom. The molecule has 0 rings (SSSR count). The fraction of sp³-hybridized carbons (Fsp3) is 0.818. The van der Waals surface area contributed by atoms with Gasteiger partial charge in [0.1, 0.15) is 5.84 Å². The molecule has 4 N–H and O–H groups in total. The van der Waals surface area contributed by atoms with Crippen molar-refractivity contribution < 1.29 is 10.0 Å². The lowest BCUT2D eigenvalue weighted by molar-refractivity contribution is -0.122. The highest BCUT2D eigenvalue weighted by Crippen LogP contribution is 2.17. The summed E-state index contributed by atoms with van der Waals surface area (Å²) in [5.74, 6) is 0.317. The Morgan fingerprint density at radius 3 is 2.50 bits per heavy atom. The van der Waals surface area contributed by atoms with Crippen LogP contribution in [-0.4, -0.2) is 23.5 Å². The summed E-state index contributed by atoms with van der Waals surface area (Å²) in [7, 11) is 0. The van der Waals surface area contributed by atoms with Crippen molar-refractivity contribution >= 4 is 11.7 Å². The van der Waals surface area contributed by atoms with Crippen molar-refractivity contribution in [1.82, 2.24) is 5.32 Å². The summed E-state index contributed by atoms with van der Waals surface area (Å²) in [6.07, 6.45) is 2.75. The monoisotopic (exact) mass is 229 g/mol. The van der Waals surface area contributed by atoms with Gasteiger partial charge in [0.05, 0.1) is 0 Å². The second kappa shape index (κ2) is 7.09. The lowest BCUT2D eigenvalue weighted by Crippen LogP contribution is -2.28. The van der Waals surface area contributed by atoms with Crippen LogP contribution in [0.5, 0.6) is 0 Å². The highest BCUT2D eigenvalue weighted by molar-refractivity contribution is 5.79. The molecule has 0 spiro atoms. The Labute approximate surface area is 97.1 Å². The van der Waals surface area contributed by atoms with E-state index in [0.29, 0.717) is 19.4 Å². The fourth-order valence-electron chi connectivity index (χ4n) is 1.25. The number of hydrogen-bond acceptors (Lipinski definition) is 3. The van der Waals surface area contributed by atoms with E-state index in [1.54, 1.807) is 0 Å². The quantitative estimate of drug-likeness (QED) is 0.212. The molecule has 0 aromatic heterocycles. The molecule has 94 valence electrons. The summed E-state index contributed by atoms with van der Waals surface area (Å²) in [4.78, 5) is 11.4. The average molecular weight is 229 g/mol. The van der Waals surface area contributed by atoms with Gasteiger partial charge in [-0.05, 0) is 18.3 Å². The smallest absolute Gasteiger partial charge is 0.220 e. The van der Waals surface area contributed by atoms with Gasteiger partial charge in [-0.2, -0.15) is 0 Å². The van der Waals surface area contributed by atoms with Crippen molar-refractivity contribution in [3.8, 4) is 0 Å². The minimum Gasteiger partial charge on any atom is -0.409 e. The number of amidine groups is 1. The average Bonchev–Trinajstić information content (AvgIpc) is 2.14. The van der Waals surface area contributed by atoms with Crippen LogP contribution in [0.1, 0.15) is 46.5 Å². The van der Waals surface area contributed by atoms with Gasteiger partial charge in [0.2, 0.25) is 5.91 Å². The molecule has 0 heterocycles. The Balaban J connectivity index is 3.49. The van der Waals surface area contributed by atoms with Crippen LogP contribution in [0.15, 0.2) is 5.16 Å². The molecule has 0 aliphatic rings. The van der Waals surface area contributed by atoms with Gasteiger partial charge in [0, 0.05) is 19.4 Å². The van der Waals surface area contributed by atoms with Crippen molar-refractivity contribution in [2.45, 2.75) is 46.5 Å². The van der Waals surface area contributed by atoms with E-state index in [-0.39, 0.29) is 17.2 Å². The van der Waals surface area contributed by atoms with E-state index in [1.165, 1.54) is 0 Å². The molecule has 0 aliphatic heterocycles. The first-order chi connectivity index (χ1) is 7.35. The third-order valence-electron chi connectivity index (χ3n) is 2.00. The molecule has 5 nitrogen and oxygen atoms in total. The molecule has 16 heavy (non-hydrogen) atoms. The summed E-state index contributed by atoms with van der Waals surface area (Å²) in [5, 5.41) is 14.0. The minimum absolute atomic E-state index is 0.0259. The number of nitrogens with one attached hydrogen (secondary N) is 1. The van der Waals surface area contributed by atoms with Crippen LogP contribution in [0.2, 0.25) is 0 Å². The van der Waals surface area contributed by atoms with Crippen molar-refractivity contribution in [2.24, 2.45) is 16.3 Å². The predicted octanol–water partition coefficient (Wildman–Crippen LogP) is 1.46. The van der Waals surface area contributed by atoms with Gasteiger partial charge < -0.3 is 16.3 Å². The van der Waals surface area contributed by atoms with Gasteiger partial charge >= 0.3 is 0 Å². The normalized spacial score (nSPS) is 12.6. The minimum atomic E-state index is 0.0259. The summed E-state index contributed by atoms with van der Waals surface area (Å²) >= 11 is 0. The number of carbonyl (C=O) groups excluding carboxylic acids is 1. The third-order valence-corrected chi connectivity index (χ3v) is 2.00. The molecular formula is C11H23N3O2. The molecule has 0 aromatic carbocycles. The zero-order chi connectivity index (χ0) is 12.6. The van der Waals surface area contributed by atoms with Crippen LogP contribution >= 0.6 is 0 Å². The van der Waals surface area contributed by atoms with Gasteiger partial charge in [-0.1, -0.05) is 25.9 Å². The number of nitrogens with two attached hydrogens (primary N) is 1. The van der Waals surface area contributed by atoms with Crippen LogP contribution in [0.25, 0.3) is 0 Å². The standard InChI is InChI=1S/C11H23N3O2/c1-11(2,3)8-10(15)13-7-5-4-6-9(12)14-16/h16H,4-8H2,1-3H3,(H2,12,14)(H,13,15). The highest BCUT2D eigenvalue weighted by Gasteiger charge is 2.14. The van der Waals surface area contributed by atoms with E-state index in [4.69, 9.17) is 10.9 Å². The molecule has 0 bridgehead atoms. The summed E-state index contributed by atoms with van der Waals surface area (Å²) in [6.45, 7) is 6.74. The molecule has 0 aromatic rings. The number of rotatable bonds is 6. The number of nitrogens with zero attached hydrogens (tertiary/aromatic N) is 1. The number of oxime groups is 1. The maximum Gasteiger partial charge on any atom is 0.220 e. The van der Waals surface area contributed by atoms with Crippen LogP contribution in [-0.2, 0) is 4.79 Å². The predicted molar refractivity (Wildman–Crippen MR) is 64.3 cm³/mol. The highest BCUT2D eigenvalue weighted by atomic mass is 16.4. The number of amides is 1. The molecule has 0 unspecified atom stereocenters. The molecular weight excluding hydrogens is 206 g/mol. The largest absolute Gasteiger partial charge is 0.409 e. The molecule has 1 amide bonds. The molecule has 0 saturated carbocycles. The lowest BCUT2D eigenvalue weighted by Gasteiger charge is -2.17. The van der Waals surface area contributed by atoms with Crippen LogP contribution in [0.4, 0.5) is 0 Å². The second-order valence-corrected chi connectivity index (χ2v) is 5.14. The van der Waals surface area contributed by atoms with Gasteiger partial charge in [0.15, 0.2) is 0 Å². The first-order valence-corrected chi connectivity index (χ1v) is 5.58. The fourth-order valence-corrected chi connectivity index (χ4v) is 1.25. The molecule has 0 saturated heterocycles. The summed E-state index contributed by atoms with van der Waals surface area (Å²) in [5.41, 5.74) is 5.34. The summed E-state index contributed by atoms with van der Waals surface area (Å²) in [6, 6.07) is 0. The number of unbranched alkanes of at least 4 members (excludes halogenated alkanes) is 1. The van der Waals surface area contributed by atoms with Crippen molar-refractivity contribution in [1.29, 1.82) is 0 Å². The molecule has 0 atom stereocenters. The lowest BCUT2D eigenvalue weighted by atomic mass is 9.92. The van der Waals surface area contributed by atoms with E-state index >= 15 is 0 Å². The Bertz CT molecular complexity index is 244. The molecule has 0 aliphatic carbocycles. The van der Waals surface area contributed by atoms with E-state index in [2.05, 4.69) is 10.5 Å². The zero-order valence-corrected chi connectivity index (χ0v) is 10.4. The maximum atomic E-state index is 11.4. The van der Waals surface area contributed by atoms with E-state index < -0.39 is 0 Å². The Kier molecular flexibility index (Phi) is 6.53. The van der Waals surface area contributed by atoms with Crippen LogP contribution in [0.3, 0.4) is 0 Å². The summed E-state index contributed by atoms with van der Waals surface area (Å²) < 4.78 is 0. The molecule has 0 fully saturated rings. The zero-order valence-electron chi connectivity index (χ0n) is 10.4. The Hall–Kier alpha value is -1.26. The SMILES string of the molecule is CC(C)(C)CC(=O)NCCCCC(N)=NO. The topological polar surface area (TPSA) is 87.7 Å². The van der Waals surface area contributed by atoms with Crippen molar-refractivity contribution in [2.75, 3.05) is 6.54 Å². The van der Waals surface area contributed by atoms with E-state index in [1.807, 2.05) is 20.8 Å². The third kappa shape index (κ3) is 9.30.